The number of carboxylic acid groups (broad SMARTS) is 1. The van der Waals surface area contributed by atoms with Crippen LogP contribution in [0.25, 0.3) is 22.9 Å². The summed E-state index contributed by atoms with van der Waals surface area (Å²) in [5.41, 5.74) is -1.91. The number of aromatic hydroxyl groups is 2. The molecule has 0 saturated carbocycles. The first-order valence-corrected chi connectivity index (χ1v) is 22.1. The first-order chi connectivity index (χ1) is 30.5. The lowest BCUT2D eigenvalue weighted by Crippen LogP contribution is -2.02. The zero-order chi connectivity index (χ0) is 47.6. The van der Waals surface area contributed by atoms with Gasteiger partial charge < -0.3 is 30.1 Å². The molecule has 23 nitrogen and oxygen atoms in total. The summed E-state index contributed by atoms with van der Waals surface area (Å²) in [6, 6.07) is 17.4. The van der Waals surface area contributed by atoms with Crippen LogP contribution in [-0.2, 0) is 30.4 Å². The van der Waals surface area contributed by atoms with E-state index >= 15 is 0 Å². The number of nitro groups is 1. The Morgan fingerprint density at radius 1 is 0.662 bits per heavy atom. The Bertz CT molecular complexity index is 3400. The van der Waals surface area contributed by atoms with Crippen LogP contribution in [0.15, 0.2) is 126 Å². The number of ether oxygens (including phenoxy) is 2. The Morgan fingerprint density at radius 3 is 1.75 bits per heavy atom. The van der Waals surface area contributed by atoms with Crippen molar-refractivity contribution < 1.29 is 73.4 Å². The number of non-ortho nitro benzene ring substituents is 1. The van der Waals surface area contributed by atoms with E-state index in [9.17, 15) is 69.1 Å². The van der Waals surface area contributed by atoms with Crippen molar-refractivity contribution in [1.82, 2.24) is 0 Å². The minimum Gasteiger partial charge on any atom is -0.507 e. The Morgan fingerprint density at radius 2 is 1.20 bits per heavy atom. The van der Waals surface area contributed by atoms with Gasteiger partial charge in [0.05, 0.1) is 24.8 Å². The molecule has 0 bridgehead atoms. The second kappa shape index (κ2) is 18.1. The summed E-state index contributed by atoms with van der Waals surface area (Å²) >= 11 is 0. The third-order valence-electron chi connectivity index (χ3n) is 9.06. The molecule has 0 unspecified atom stereocenters. The van der Waals surface area contributed by atoms with Crippen molar-refractivity contribution in [1.29, 1.82) is 0 Å². The van der Waals surface area contributed by atoms with E-state index in [2.05, 4.69) is 25.8 Å². The smallest absolute Gasteiger partial charge is 0.339 e. The molecule has 6 rings (SSSR count). The van der Waals surface area contributed by atoms with Crippen molar-refractivity contribution in [3.63, 3.8) is 0 Å². The number of nitro benzene ring substituents is 1. The average molecular weight is 951 g/mol. The second-order valence-corrected chi connectivity index (χ2v) is 17.4. The van der Waals surface area contributed by atoms with Gasteiger partial charge in [-0.2, -0.15) is 30.4 Å². The zero-order valence-electron chi connectivity index (χ0n) is 32.9. The molecule has 0 spiro atoms. The molecule has 0 saturated heterocycles. The average Bonchev–Trinajstić information content (AvgIpc) is 3.23. The van der Waals surface area contributed by atoms with E-state index in [0.29, 0.717) is 11.8 Å². The van der Waals surface area contributed by atoms with Crippen LogP contribution in [0, 0.1) is 10.1 Å². The van der Waals surface area contributed by atoms with Crippen molar-refractivity contribution in [2.75, 3.05) is 19.5 Å². The molecule has 0 aliphatic rings. The molecule has 0 aliphatic carbocycles. The topological polar surface area (TPSA) is 364 Å². The maximum atomic E-state index is 12.6. The van der Waals surface area contributed by atoms with Crippen LogP contribution in [0.2, 0.25) is 0 Å². The number of rotatable bonds is 15. The van der Waals surface area contributed by atoms with Gasteiger partial charge in [-0.25, -0.2) is 4.79 Å². The number of carbonyl (C=O) groups is 1. The Balaban J connectivity index is 1.32. The number of fused-ring (bicyclic) bond motifs is 1. The summed E-state index contributed by atoms with van der Waals surface area (Å²) in [4.78, 5) is 19.3. The summed E-state index contributed by atoms with van der Waals surface area (Å²) < 4.78 is 114. The fourth-order valence-electron chi connectivity index (χ4n) is 6.04. The van der Waals surface area contributed by atoms with Gasteiger partial charge in [0.2, 0.25) is 0 Å². The molecule has 0 aliphatic heterocycles. The minimum absolute atomic E-state index is 0.0420. The lowest BCUT2D eigenvalue weighted by molar-refractivity contribution is -0.385. The van der Waals surface area contributed by atoms with Crippen LogP contribution < -0.4 is 14.8 Å². The van der Waals surface area contributed by atoms with Crippen LogP contribution in [0.5, 0.6) is 23.0 Å². The molecule has 6 aromatic carbocycles. The molecule has 7 N–H and O–H groups in total. The number of hydrogen-bond acceptors (Lipinski definition) is 18. The second-order valence-electron chi connectivity index (χ2n) is 13.2. The number of benzene rings is 6. The fourth-order valence-corrected chi connectivity index (χ4v) is 8.10. The molecule has 336 valence electrons. The molecular weight excluding hydrogens is 921 g/mol. The number of phenols is 2. The molecule has 0 heterocycles. The van der Waals surface area contributed by atoms with Crippen molar-refractivity contribution in [2.45, 2.75) is 14.7 Å². The molecule has 26 heteroatoms. The number of azo groups is 2. The third-order valence-corrected chi connectivity index (χ3v) is 11.7. The zero-order valence-corrected chi connectivity index (χ0v) is 35.4. The highest BCUT2D eigenvalue weighted by atomic mass is 32.2. The standard InChI is InChI=1S/C39H30N6O17S3/c1-61-32-19-30(43-44-37-36(65(58,59)60)14-22-13-23(8-11-27(22)38(37)47)40-24-9-12-31(46)28(15-24)39(48)49)33(62-2)18-29(32)42-41-25-7-5-20(34(16-25)63(52,53)54)3-4-21-6-10-26(45(50)51)17-35(21)64(55,56)57/h3-19,40,46-47H,1-2H3,(H,48,49)(H,52,53,54)(H,55,56,57)(H,58,59,60). The first kappa shape index (κ1) is 46.6. The lowest BCUT2D eigenvalue weighted by atomic mass is 10.1. The molecule has 0 radical (unpaired) electrons. The van der Waals surface area contributed by atoms with Gasteiger partial charge in [0.25, 0.3) is 36.0 Å². The van der Waals surface area contributed by atoms with Gasteiger partial charge in [0.1, 0.15) is 54.6 Å². The SMILES string of the molecule is COc1cc(N=Nc2c(S(=O)(=O)O)cc3cc(Nc4ccc(O)c(C(=O)O)c4)ccc3c2O)c(OC)cc1N=Nc1ccc(C=Cc2ccc([N+](=O)[O-])cc2S(=O)(=O)O)c(S(=O)(=O)O)c1. The predicted octanol–water partition coefficient (Wildman–Crippen LogP) is 8.36. The van der Waals surface area contributed by atoms with Crippen molar-refractivity contribution in [2.24, 2.45) is 20.5 Å². The van der Waals surface area contributed by atoms with E-state index in [4.69, 9.17) is 9.47 Å². The molecule has 0 fully saturated rings. The highest BCUT2D eigenvalue weighted by Crippen LogP contribution is 2.45. The number of hydrogen-bond donors (Lipinski definition) is 7. The maximum absolute atomic E-state index is 12.6. The van der Waals surface area contributed by atoms with E-state index in [1.807, 2.05) is 0 Å². The van der Waals surface area contributed by atoms with Crippen LogP contribution in [0.1, 0.15) is 21.5 Å². The number of anilines is 2. The van der Waals surface area contributed by atoms with Gasteiger partial charge in [-0.05, 0) is 77.2 Å². The third kappa shape index (κ3) is 10.5. The maximum Gasteiger partial charge on any atom is 0.339 e. The summed E-state index contributed by atoms with van der Waals surface area (Å²) in [6.45, 7) is 0. The Labute approximate surface area is 366 Å². The van der Waals surface area contributed by atoms with Crippen molar-refractivity contribution in [3.8, 4) is 23.0 Å². The van der Waals surface area contributed by atoms with Gasteiger partial charge in [-0.3, -0.25) is 23.8 Å². The van der Waals surface area contributed by atoms with Gasteiger partial charge in [0.15, 0.2) is 5.75 Å². The summed E-state index contributed by atoms with van der Waals surface area (Å²) in [5.74, 6) is -2.67. The quantitative estimate of drug-likeness (QED) is 0.0127. The van der Waals surface area contributed by atoms with E-state index in [1.165, 1.54) is 62.8 Å². The van der Waals surface area contributed by atoms with Crippen LogP contribution in [0.3, 0.4) is 0 Å². The highest BCUT2D eigenvalue weighted by molar-refractivity contribution is 7.86. The molecule has 65 heavy (non-hydrogen) atoms. The van der Waals surface area contributed by atoms with Crippen molar-refractivity contribution >= 4 is 99.1 Å². The number of carboxylic acids is 1. The van der Waals surface area contributed by atoms with E-state index in [1.54, 1.807) is 0 Å². The summed E-state index contributed by atoms with van der Waals surface area (Å²) in [7, 11) is -12.6. The summed E-state index contributed by atoms with van der Waals surface area (Å²) in [5, 5.41) is 60.6. The van der Waals surface area contributed by atoms with E-state index < -0.39 is 78.8 Å². The number of nitrogens with zero attached hydrogens (tertiary/aromatic N) is 5. The molecule has 0 amide bonds. The summed E-state index contributed by atoms with van der Waals surface area (Å²) in [6.07, 6.45) is 2.10. The number of methoxy groups -OCH3 is 2. The van der Waals surface area contributed by atoms with E-state index in [-0.39, 0.29) is 61.7 Å². The van der Waals surface area contributed by atoms with Gasteiger partial charge in [0, 0.05) is 41.0 Å². The first-order valence-electron chi connectivity index (χ1n) is 17.7. The highest BCUT2D eigenvalue weighted by Gasteiger charge is 2.24. The molecular formula is C39H30N6O17S3. The monoisotopic (exact) mass is 950 g/mol. The predicted molar refractivity (Wildman–Crippen MR) is 230 cm³/mol. The number of phenolic OH excluding ortho intramolecular Hbond substituents is 1. The fraction of sp³-hybridized carbons (Fsp3) is 0.0513. The number of nitrogens with one attached hydrogen (secondary N) is 1. The number of aromatic carboxylic acids is 1. The van der Waals surface area contributed by atoms with Crippen LogP contribution in [-0.4, -0.2) is 79.3 Å². The van der Waals surface area contributed by atoms with Crippen LogP contribution >= 0.6 is 0 Å². The minimum atomic E-state index is -5.07. The van der Waals surface area contributed by atoms with E-state index in [0.717, 1.165) is 48.6 Å². The van der Waals surface area contributed by atoms with Gasteiger partial charge >= 0.3 is 5.97 Å². The normalized spacial score (nSPS) is 12.3. The Hall–Kier alpha value is -7.88. The van der Waals surface area contributed by atoms with Gasteiger partial charge in [-0.1, -0.05) is 18.2 Å². The Kier molecular flexibility index (Phi) is 13.0. The van der Waals surface area contributed by atoms with Crippen LogP contribution in [0.4, 0.5) is 39.8 Å². The largest absolute Gasteiger partial charge is 0.507 e. The van der Waals surface area contributed by atoms with Gasteiger partial charge in [-0.15, -0.1) is 15.3 Å². The lowest BCUT2D eigenvalue weighted by Gasteiger charge is -2.12. The molecule has 6 aromatic rings. The molecule has 0 aromatic heterocycles. The molecule has 0 atom stereocenters. The van der Waals surface area contributed by atoms with Crippen molar-refractivity contribution in [3.05, 3.63) is 118 Å².